The molecular weight excluding hydrogens is 202 g/mol. The van der Waals surface area contributed by atoms with Crippen LogP contribution in [0.3, 0.4) is 0 Å². The van der Waals surface area contributed by atoms with Crippen LogP contribution in [-0.4, -0.2) is 44.0 Å². The third-order valence-electron chi connectivity index (χ3n) is 3.24. The number of hydrogen-bond donors (Lipinski definition) is 2. The molecule has 1 saturated carbocycles. The number of amides is 1. The number of nitrogens with one attached hydrogen (secondary N) is 1. The highest BCUT2D eigenvalue weighted by Crippen LogP contribution is 2.23. The fraction of sp³-hybridized carbons (Fsp3) is 0.917. The lowest BCUT2D eigenvalue weighted by Gasteiger charge is -2.15. The summed E-state index contributed by atoms with van der Waals surface area (Å²) < 4.78 is 0. The maximum absolute atomic E-state index is 11.8. The Balaban J connectivity index is 2.06. The molecule has 2 atom stereocenters. The average molecular weight is 227 g/mol. The molecule has 4 nitrogen and oxygen atoms in total. The lowest BCUT2D eigenvalue weighted by Crippen LogP contribution is -2.39. The van der Waals surface area contributed by atoms with Gasteiger partial charge in [-0.2, -0.15) is 0 Å². The zero-order chi connectivity index (χ0) is 12.0. The number of carbonyl (C=O) groups excluding carboxylic acids is 1. The second-order valence-corrected chi connectivity index (χ2v) is 5.00. The van der Waals surface area contributed by atoms with Crippen molar-refractivity contribution in [1.82, 2.24) is 10.2 Å². The Kier molecular flexibility index (Phi) is 5.77. The summed E-state index contributed by atoms with van der Waals surface area (Å²) in [4.78, 5) is 13.9. The van der Waals surface area contributed by atoms with Gasteiger partial charge in [0.15, 0.2) is 0 Å². The number of nitrogens with zero attached hydrogens (tertiary/aromatic N) is 1. The van der Waals surface area contributed by atoms with E-state index in [9.17, 15) is 4.79 Å². The summed E-state index contributed by atoms with van der Waals surface area (Å²) in [7, 11) is 4.13. The summed E-state index contributed by atoms with van der Waals surface area (Å²) in [5.74, 6) is 0.226. The maximum Gasteiger partial charge on any atom is 0.224 e. The van der Waals surface area contributed by atoms with Crippen molar-refractivity contribution in [2.45, 2.75) is 38.1 Å². The molecule has 0 aliphatic heterocycles. The van der Waals surface area contributed by atoms with E-state index in [0.29, 0.717) is 0 Å². The van der Waals surface area contributed by atoms with Crippen LogP contribution in [0.1, 0.15) is 32.1 Å². The van der Waals surface area contributed by atoms with Crippen LogP contribution in [-0.2, 0) is 4.79 Å². The molecule has 1 aliphatic rings. The summed E-state index contributed by atoms with van der Waals surface area (Å²) in [5.41, 5.74) is 5.88. The third kappa shape index (κ3) is 4.49. The van der Waals surface area contributed by atoms with Crippen LogP contribution in [0.2, 0.25) is 0 Å². The van der Waals surface area contributed by atoms with Gasteiger partial charge in [0.05, 0.1) is 5.92 Å². The van der Waals surface area contributed by atoms with Crippen molar-refractivity contribution in [2.24, 2.45) is 11.7 Å². The predicted octanol–water partition coefficient (Wildman–Crippen LogP) is 0.572. The standard InChI is InChI=1S/C12H25N3O/c1-15(2)9-4-3-8-14-12(16)10-6-5-7-11(10)13/h10-11H,3-9,13H2,1-2H3,(H,14,16). The Labute approximate surface area is 98.6 Å². The van der Waals surface area contributed by atoms with Crippen LogP contribution < -0.4 is 11.1 Å². The molecule has 2 unspecified atom stereocenters. The molecule has 1 rings (SSSR count). The monoisotopic (exact) mass is 227 g/mol. The quantitative estimate of drug-likeness (QED) is 0.652. The Morgan fingerprint density at radius 1 is 1.38 bits per heavy atom. The molecular formula is C12H25N3O. The Hall–Kier alpha value is -0.610. The molecule has 1 fully saturated rings. The van der Waals surface area contributed by atoms with Crippen molar-refractivity contribution in [2.75, 3.05) is 27.2 Å². The van der Waals surface area contributed by atoms with Crippen molar-refractivity contribution in [3.05, 3.63) is 0 Å². The molecule has 1 aliphatic carbocycles. The van der Waals surface area contributed by atoms with Gasteiger partial charge in [-0.15, -0.1) is 0 Å². The molecule has 4 heteroatoms. The first-order valence-electron chi connectivity index (χ1n) is 6.29. The number of rotatable bonds is 6. The summed E-state index contributed by atoms with van der Waals surface area (Å²) >= 11 is 0. The van der Waals surface area contributed by atoms with Crippen molar-refractivity contribution < 1.29 is 4.79 Å². The fourth-order valence-corrected chi connectivity index (χ4v) is 2.21. The van der Waals surface area contributed by atoms with Gasteiger partial charge in [-0.25, -0.2) is 0 Å². The van der Waals surface area contributed by atoms with Crippen LogP contribution in [0.25, 0.3) is 0 Å². The molecule has 1 amide bonds. The molecule has 0 aromatic rings. The maximum atomic E-state index is 11.8. The van der Waals surface area contributed by atoms with Gasteiger partial charge >= 0.3 is 0 Å². The molecule has 0 heterocycles. The number of unbranched alkanes of at least 4 members (excludes halogenated alkanes) is 1. The van der Waals surface area contributed by atoms with Gasteiger partial charge in [-0.1, -0.05) is 6.42 Å². The molecule has 16 heavy (non-hydrogen) atoms. The Morgan fingerprint density at radius 2 is 2.12 bits per heavy atom. The van der Waals surface area contributed by atoms with Gasteiger partial charge in [0.2, 0.25) is 5.91 Å². The van der Waals surface area contributed by atoms with E-state index in [-0.39, 0.29) is 17.9 Å². The lowest BCUT2D eigenvalue weighted by atomic mass is 10.0. The zero-order valence-corrected chi connectivity index (χ0v) is 10.5. The predicted molar refractivity (Wildman–Crippen MR) is 66.1 cm³/mol. The van der Waals surface area contributed by atoms with E-state index in [0.717, 1.165) is 45.2 Å². The third-order valence-corrected chi connectivity index (χ3v) is 3.24. The minimum Gasteiger partial charge on any atom is -0.356 e. The molecule has 3 N–H and O–H groups in total. The molecule has 0 aromatic heterocycles. The van der Waals surface area contributed by atoms with Crippen LogP contribution in [0.5, 0.6) is 0 Å². The van der Waals surface area contributed by atoms with E-state index in [1.165, 1.54) is 0 Å². The summed E-state index contributed by atoms with van der Waals surface area (Å²) in [6, 6.07) is 0.0850. The van der Waals surface area contributed by atoms with Crippen LogP contribution in [0.15, 0.2) is 0 Å². The van der Waals surface area contributed by atoms with E-state index in [1.807, 2.05) is 0 Å². The van der Waals surface area contributed by atoms with Crippen molar-refractivity contribution in [3.63, 3.8) is 0 Å². The van der Waals surface area contributed by atoms with Gasteiger partial charge in [0.25, 0.3) is 0 Å². The normalized spacial score (nSPS) is 25.0. The molecule has 0 bridgehead atoms. The second-order valence-electron chi connectivity index (χ2n) is 5.00. The van der Waals surface area contributed by atoms with E-state index in [4.69, 9.17) is 5.73 Å². The zero-order valence-electron chi connectivity index (χ0n) is 10.5. The minimum atomic E-state index is 0.0637. The van der Waals surface area contributed by atoms with Gasteiger partial charge in [0.1, 0.15) is 0 Å². The first kappa shape index (κ1) is 13.5. The summed E-state index contributed by atoms with van der Waals surface area (Å²) in [5, 5.41) is 2.99. The topological polar surface area (TPSA) is 58.4 Å². The molecule has 94 valence electrons. The smallest absolute Gasteiger partial charge is 0.224 e. The highest BCUT2D eigenvalue weighted by Gasteiger charge is 2.29. The minimum absolute atomic E-state index is 0.0637. The molecule has 0 radical (unpaired) electrons. The SMILES string of the molecule is CN(C)CCCCNC(=O)C1CCCC1N. The molecule has 0 aromatic carbocycles. The first-order valence-corrected chi connectivity index (χ1v) is 6.29. The van der Waals surface area contributed by atoms with Gasteiger partial charge in [-0.05, 0) is 46.3 Å². The molecule has 0 saturated heterocycles. The van der Waals surface area contributed by atoms with Crippen molar-refractivity contribution >= 4 is 5.91 Å². The van der Waals surface area contributed by atoms with Gasteiger partial charge in [-0.3, -0.25) is 4.79 Å². The first-order chi connectivity index (χ1) is 7.61. The van der Waals surface area contributed by atoms with Crippen molar-refractivity contribution in [1.29, 1.82) is 0 Å². The van der Waals surface area contributed by atoms with Crippen LogP contribution >= 0.6 is 0 Å². The largest absolute Gasteiger partial charge is 0.356 e. The highest BCUT2D eigenvalue weighted by molar-refractivity contribution is 5.79. The van der Waals surface area contributed by atoms with Gasteiger partial charge < -0.3 is 16.0 Å². The summed E-state index contributed by atoms with van der Waals surface area (Å²) in [6.07, 6.45) is 5.24. The number of carbonyl (C=O) groups is 1. The van der Waals surface area contributed by atoms with E-state index in [1.54, 1.807) is 0 Å². The van der Waals surface area contributed by atoms with E-state index in [2.05, 4.69) is 24.3 Å². The van der Waals surface area contributed by atoms with Crippen LogP contribution in [0, 0.1) is 5.92 Å². The number of nitrogens with two attached hydrogens (primary N) is 1. The Morgan fingerprint density at radius 3 is 2.69 bits per heavy atom. The number of hydrogen-bond acceptors (Lipinski definition) is 3. The average Bonchev–Trinajstić information content (AvgIpc) is 2.63. The van der Waals surface area contributed by atoms with Crippen LogP contribution in [0.4, 0.5) is 0 Å². The second kappa shape index (κ2) is 6.86. The molecule has 0 spiro atoms. The van der Waals surface area contributed by atoms with E-state index < -0.39 is 0 Å². The fourth-order valence-electron chi connectivity index (χ4n) is 2.21. The highest BCUT2D eigenvalue weighted by atomic mass is 16.1. The van der Waals surface area contributed by atoms with Gasteiger partial charge in [0, 0.05) is 12.6 Å². The van der Waals surface area contributed by atoms with E-state index >= 15 is 0 Å². The lowest BCUT2D eigenvalue weighted by molar-refractivity contribution is -0.125. The summed E-state index contributed by atoms with van der Waals surface area (Å²) in [6.45, 7) is 1.87. The Bertz CT molecular complexity index is 218. The van der Waals surface area contributed by atoms with Crippen molar-refractivity contribution in [3.8, 4) is 0 Å².